The van der Waals surface area contributed by atoms with Crippen molar-refractivity contribution < 1.29 is 0 Å². The van der Waals surface area contributed by atoms with Crippen LogP contribution in [-0.2, 0) is 0 Å². The van der Waals surface area contributed by atoms with Crippen molar-refractivity contribution in [2.75, 3.05) is 0 Å². The van der Waals surface area contributed by atoms with E-state index in [1.807, 2.05) is 60.7 Å². The van der Waals surface area contributed by atoms with E-state index in [1.165, 1.54) is 21.7 Å². The van der Waals surface area contributed by atoms with Gasteiger partial charge in [0.1, 0.15) is 0 Å². The van der Waals surface area contributed by atoms with Gasteiger partial charge in [-0.15, -0.1) is 0 Å². The Morgan fingerprint density at radius 2 is 0.825 bits per heavy atom. The molecule has 0 aliphatic rings. The second-order valence-electron chi connectivity index (χ2n) is 15.8. The fourth-order valence-electron chi connectivity index (χ4n) is 9.04. The molecule has 0 spiro atoms. The highest BCUT2D eigenvalue weighted by Gasteiger charge is 2.20. The Kier molecular flexibility index (Phi) is 8.75. The van der Waals surface area contributed by atoms with E-state index in [1.54, 1.807) is 0 Å². The number of nitrogens with zero attached hydrogens (tertiary/aromatic N) is 5. The van der Waals surface area contributed by atoms with Crippen molar-refractivity contribution in [2.45, 2.75) is 0 Å². The molecule has 0 radical (unpaired) electrons. The van der Waals surface area contributed by atoms with Crippen molar-refractivity contribution in [3.05, 3.63) is 224 Å². The standard InChI is InChI=1S/C58H37N5/c1-5-17-40(18-6-1)55-50-37-53-48(47-27-13-14-30-52(47)63(53)45-25-11-4-12-26-45)36-49(50)54-46(28-16-29-51(54)59-55)39-33-31-38(32-34-39)43-23-15-24-44(35-43)58-61-56(41-19-7-2-8-20-41)60-57(62-58)42-21-9-3-10-22-42/h1-37H. The molecule has 0 atom stereocenters. The molecule has 0 saturated carbocycles. The molecule has 0 unspecified atom stereocenters. The minimum Gasteiger partial charge on any atom is -0.309 e. The Bertz CT molecular complexity index is 3580. The number of fused-ring (bicyclic) bond motifs is 6. The number of benzene rings is 9. The average molecular weight is 804 g/mol. The highest BCUT2D eigenvalue weighted by Crippen LogP contribution is 2.43. The van der Waals surface area contributed by atoms with E-state index in [0.717, 1.165) is 77.7 Å². The number of rotatable bonds is 7. The predicted molar refractivity (Wildman–Crippen MR) is 260 cm³/mol. The number of aromatic nitrogens is 5. The number of hydrogen-bond acceptors (Lipinski definition) is 4. The van der Waals surface area contributed by atoms with Crippen molar-refractivity contribution in [2.24, 2.45) is 0 Å². The predicted octanol–water partition coefficient (Wildman–Crippen LogP) is 14.7. The molecule has 0 fully saturated rings. The Hall–Kier alpha value is -8.54. The van der Waals surface area contributed by atoms with Crippen LogP contribution in [0.15, 0.2) is 224 Å². The first-order valence-corrected chi connectivity index (χ1v) is 21.2. The van der Waals surface area contributed by atoms with Crippen LogP contribution >= 0.6 is 0 Å². The molecule has 0 N–H and O–H groups in total. The smallest absolute Gasteiger partial charge is 0.164 e. The number of pyridine rings is 1. The molecule has 5 nitrogen and oxygen atoms in total. The van der Waals surface area contributed by atoms with Crippen molar-refractivity contribution in [1.29, 1.82) is 0 Å². The summed E-state index contributed by atoms with van der Waals surface area (Å²) in [6, 6.07) is 78.8. The van der Waals surface area contributed by atoms with Crippen LogP contribution < -0.4 is 0 Å². The van der Waals surface area contributed by atoms with E-state index >= 15 is 0 Å². The molecule has 0 amide bonds. The molecule has 3 heterocycles. The van der Waals surface area contributed by atoms with E-state index in [9.17, 15) is 0 Å². The van der Waals surface area contributed by atoms with Gasteiger partial charge in [0.2, 0.25) is 0 Å². The molecule has 0 saturated heterocycles. The largest absolute Gasteiger partial charge is 0.309 e. The number of para-hydroxylation sites is 2. The average Bonchev–Trinajstić information content (AvgIpc) is 3.69. The second-order valence-corrected chi connectivity index (χ2v) is 15.8. The first-order chi connectivity index (χ1) is 31.2. The zero-order valence-electron chi connectivity index (χ0n) is 34.1. The van der Waals surface area contributed by atoms with Gasteiger partial charge in [-0.1, -0.05) is 182 Å². The zero-order chi connectivity index (χ0) is 41.7. The Morgan fingerprint density at radius 1 is 0.286 bits per heavy atom. The molecule has 12 rings (SSSR count). The maximum Gasteiger partial charge on any atom is 0.164 e. The van der Waals surface area contributed by atoms with Gasteiger partial charge in [0.05, 0.1) is 22.2 Å². The van der Waals surface area contributed by atoms with Gasteiger partial charge in [-0.3, -0.25) is 0 Å². The summed E-state index contributed by atoms with van der Waals surface area (Å²) < 4.78 is 2.38. The van der Waals surface area contributed by atoms with Crippen LogP contribution in [0.2, 0.25) is 0 Å². The molecular weight excluding hydrogens is 767 g/mol. The van der Waals surface area contributed by atoms with Crippen LogP contribution in [-0.4, -0.2) is 24.5 Å². The third-order valence-corrected chi connectivity index (χ3v) is 12.0. The molecule has 5 heteroatoms. The zero-order valence-corrected chi connectivity index (χ0v) is 34.1. The topological polar surface area (TPSA) is 56.5 Å². The van der Waals surface area contributed by atoms with Crippen LogP contribution in [0.1, 0.15) is 0 Å². The molecule has 0 bridgehead atoms. The van der Waals surface area contributed by atoms with Crippen molar-refractivity contribution in [3.8, 4) is 73.4 Å². The molecule has 294 valence electrons. The van der Waals surface area contributed by atoms with Gasteiger partial charge in [0.25, 0.3) is 0 Å². The maximum atomic E-state index is 5.45. The van der Waals surface area contributed by atoms with Crippen molar-refractivity contribution in [3.63, 3.8) is 0 Å². The molecule has 0 aliphatic heterocycles. The lowest BCUT2D eigenvalue weighted by molar-refractivity contribution is 1.07. The summed E-state index contributed by atoms with van der Waals surface area (Å²) in [6.07, 6.45) is 0. The minimum atomic E-state index is 0.632. The SMILES string of the molecule is c1ccc(-c2nc(-c3ccccc3)nc(-c3cccc(-c4ccc(-c5cccc6nc(-c7ccccc7)c7cc8c(cc7c56)c5ccccc5n8-c5ccccc5)cc4)c3)n2)cc1. The third kappa shape index (κ3) is 6.42. The minimum absolute atomic E-state index is 0.632. The molecule has 63 heavy (non-hydrogen) atoms. The van der Waals surface area contributed by atoms with Crippen LogP contribution in [0.5, 0.6) is 0 Å². The Morgan fingerprint density at radius 3 is 1.51 bits per heavy atom. The first-order valence-electron chi connectivity index (χ1n) is 21.2. The van der Waals surface area contributed by atoms with E-state index in [2.05, 4.69) is 168 Å². The fourth-order valence-corrected chi connectivity index (χ4v) is 9.04. The lowest BCUT2D eigenvalue weighted by Gasteiger charge is -2.15. The summed E-state index contributed by atoms with van der Waals surface area (Å²) in [5.41, 5.74) is 13.8. The monoisotopic (exact) mass is 803 g/mol. The van der Waals surface area contributed by atoms with Crippen LogP contribution in [0.25, 0.3) is 117 Å². The Balaban J connectivity index is 0.998. The fraction of sp³-hybridized carbons (Fsp3) is 0. The molecular formula is C58H37N5. The van der Waals surface area contributed by atoms with Gasteiger partial charge in [-0.2, -0.15) is 0 Å². The summed E-state index contributed by atoms with van der Waals surface area (Å²) in [5, 5.41) is 5.86. The number of hydrogen-bond donors (Lipinski definition) is 0. The quantitative estimate of drug-likeness (QED) is 0.151. The van der Waals surface area contributed by atoms with Gasteiger partial charge in [0.15, 0.2) is 17.5 Å². The first kappa shape index (κ1) is 36.3. The summed E-state index contributed by atoms with van der Waals surface area (Å²) in [6.45, 7) is 0. The lowest BCUT2D eigenvalue weighted by Crippen LogP contribution is -2.00. The van der Waals surface area contributed by atoms with Crippen LogP contribution in [0.3, 0.4) is 0 Å². The van der Waals surface area contributed by atoms with E-state index in [4.69, 9.17) is 19.9 Å². The van der Waals surface area contributed by atoms with Crippen molar-refractivity contribution >= 4 is 43.5 Å². The van der Waals surface area contributed by atoms with Gasteiger partial charge in [-0.05, 0) is 70.1 Å². The molecule has 12 aromatic rings. The normalized spacial score (nSPS) is 11.5. The lowest BCUT2D eigenvalue weighted by atomic mass is 9.92. The van der Waals surface area contributed by atoms with Crippen LogP contribution in [0.4, 0.5) is 0 Å². The third-order valence-electron chi connectivity index (χ3n) is 12.0. The van der Waals surface area contributed by atoms with Crippen molar-refractivity contribution in [1.82, 2.24) is 24.5 Å². The van der Waals surface area contributed by atoms with Gasteiger partial charge >= 0.3 is 0 Å². The van der Waals surface area contributed by atoms with Gasteiger partial charge < -0.3 is 4.57 Å². The second kappa shape index (κ2) is 15.2. The van der Waals surface area contributed by atoms with E-state index in [-0.39, 0.29) is 0 Å². The Labute approximate surface area is 364 Å². The van der Waals surface area contributed by atoms with E-state index < -0.39 is 0 Å². The molecule has 3 aromatic heterocycles. The summed E-state index contributed by atoms with van der Waals surface area (Å²) >= 11 is 0. The summed E-state index contributed by atoms with van der Waals surface area (Å²) in [7, 11) is 0. The molecule has 9 aromatic carbocycles. The van der Waals surface area contributed by atoms with Gasteiger partial charge in [0, 0.05) is 49.5 Å². The highest BCUT2D eigenvalue weighted by atomic mass is 15.0. The summed E-state index contributed by atoms with van der Waals surface area (Å²) in [4.78, 5) is 20.3. The molecule has 0 aliphatic carbocycles. The van der Waals surface area contributed by atoms with Gasteiger partial charge in [-0.25, -0.2) is 19.9 Å². The summed E-state index contributed by atoms with van der Waals surface area (Å²) in [5.74, 6) is 1.92. The van der Waals surface area contributed by atoms with Crippen LogP contribution in [0, 0.1) is 0 Å². The van der Waals surface area contributed by atoms with E-state index in [0.29, 0.717) is 17.5 Å². The highest BCUT2D eigenvalue weighted by molar-refractivity contribution is 6.22. The maximum absolute atomic E-state index is 5.45.